The molecule has 0 amide bonds. The molecule has 1 fully saturated rings. The van der Waals surface area contributed by atoms with Gasteiger partial charge in [-0.2, -0.15) is 4.98 Å². The second-order valence-corrected chi connectivity index (χ2v) is 5.29. The van der Waals surface area contributed by atoms with Crippen molar-refractivity contribution in [2.75, 3.05) is 0 Å². The molecule has 1 aromatic heterocycles. The van der Waals surface area contributed by atoms with Gasteiger partial charge in [0.15, 0.2) is 5.82 Å². The second kappa shape index (κ2) is 6.07. The van der Waals surface area contributed by atoms with Crippen LogP contribution in [0.15, 0.2) is 22.7 Å². The van der Waals surface area contributed by atoms with Crippen molar-refractivity contribution in [3.63, 3.8) is 0 Å². The lowest BCUT2D eigenvalue weighted by molar-refractivity contribution is 0.351. The standard InChI is InChI=1S/C14H15F2N3O.ClH/c15-10-3-4-11(16)9(7-10)8-12-18-13(19-20-12)14(17)5-1-2-6-14;/h3-4,7H,1-2,5-6,8,17H2;1H. The molecule has 1 aromatic carbocycles. The minimum atomic E-state index is -0.539. The van der Waals surface area contributed by atoms with Crippen LogP contribution >= 0.6 is 12.4 Å². The summed E-state index contributed by atoms with van der Waals surface area (Å²) in [5.41, 5.74) is 5.87. The van der Waals surface area contributed by atoms with Gasteiger partial charge in [0, 0.05) is 5.56 Å². The molecule has 1 aliphatic carbocycles. The van der Waals surface area contributed by atoms with Gasteiger partial charge < -0.3 is 10.3 Å². The summed E-state index contributed by atoms with van der Waals surface area (Å²) in [6.07, 6.45) is 3.78. The number of halogens is 3. The van der Waals surface area contributed by atoms with E-state index in [4.69, 9.17) is 10.3 Å². The molecule has 0 bridgehead atoms. The van der Waals surface area contributed by atoms with Gasteiger partial charge >= 0.3 is 0 Å². The van der Waals surface area contributed by atoms with Crippen LogP contribution < -0.4 is 5.73 Å². The quantitative estimate of drug-likeness (QED) is 0.945. The van der Waals surface area contributed by atoms with E-state index in [1.807, 2.05) is 0 Å². The molecule has 1 heterocycles. The molecule has 1 saturated carbocycles. The van der Waals surface area contributed by atoms with Gasteiger partial charge in [-0.05, 0) is 31.0 Å². The number of benzene rings is 1. The smallest absolute Gasteiger partial charge is 0.231 e. The highest BCUT2D eigenvalue weighted by molar-refractivity contribution is 5.85. The van der Waals surface area contributed by atoms with Crippen molar-refractivity contribution in [3.8, 4) is 0 Å². The summed E-state index contributed by atoms with van der Waals surface area (Å²) in [5.74, 6) is -0.273. The first kappa shape index (κ1) is 15.9. The van der Waals surface area contributed by atoms with Crippen molar-refractivity contribution < 1.29 is 13.3 Å². The Bertz CT molecular complexity index is 626. The van der Waals surface area contributed by atoms with Gasteiger partial charge in [0.25, 0.3) is 0 Å². The van der Waals surface area contributed by atoms with E-state index in [0.29, 0.717) is 5.82 Å². The monoisotopic (exact) mass is 315 g/mol. The lowest BCUT2D eigenvalue weighted by atomic mass is 9.99. The van der Waals surface area contributed by atoms with E-state index in [1.165, 1.54) is 0 Å². The van der Waals surface area contributed by atoms with E-state index >= 15 is 0 Å². The average Bonchev–Trinajstić information content (AvgIpc) is 3.04. The zero-order valence-electron chi connectivity index (χ0n) is 11.3. The Hall–Kier alpha value is -1.53. The Morgan fingerprint density at radius 2 is 1.95 bits per heavy atom. The van der Waals surface area contributed by atoms with Gasteiger partial charge in [0.05, 0.1) is 12.0 Å². The highest BCUT2D eigenvalue weighted by Crippen LogP contribution is 2.34. The van der Waals surface area contributed by atoms with E-state index in [9.17, 15) is 8.78 Å². The van der Waals surface area contributed by atoms with Gasteiger partial charge in [-0.1, -0.05) is 18.0 Å². The molecule has 1 aliphatic rings. The Kier molecular flexibility index (Phi) is 4.58. The Labute approximate surface area is 127 Å². The molecule has 21 heavy (non-hydrogen) atoms. The lowest BCUT2D eigenvalue weighted by Gasteiger charge is -2.17. The largest absolute Gasteiger partial charge is 0.339 e. The first-order chi connectivity index (χ1) is 9.57. The molecule has 114 valence electrons. The fraction of sp³-hybridized carbons (Fsp3) is 0.429. The minimum Gasteiger partial charge on any atom is -0.339 e. The highest BCUT2D eigenvalue weighted by atomic mass is 35.5. The molecule has 0 aliphatic heterocycles. The number of rotatable bonds is 3. The van der Waals surface area contributed by atoms with Crippen molar-refractivity contribution in [1.82, 2.24) is 10.1 Å². The molecule has 7 heteroatoms. The molecule has 0 saturated heterocycles. The number of nitrogens with zero attached hydrogens (tertiary/aromatic N) is 2. The van der Waals surface area contributed by atoms with E-state index in [0.717, 1.165) is 43.9 Å². The van der Waals surface area contributed by atoms with E-state index in [2.05, 4.69) is 10.1 Å². The maximum absolute atomic E-state index is 13.6. The van der Waals surface area contributed by atoms with Gasteiger partial charge in [-0.15, -0.1) is 12.4 Å². The van der Waals surface area contributed by atoms with E-state index < -0.39 is 17.2 Å². The third-order valence-corrected chi connectivity index (χ3v) is 3.76. The van der Waals surface area contributed by atoms with Crippen molar-refractivity contribution >= 4 is 12.4 Å². The van der Waals surface area contributed by atoms with Crippen LogP contribution in [0.1, 0.15) is 43.0 Å². The number of hydrogen-bond donors (Lipinski definition) is 1. The summed E-state index contributed by atoms with van der Waals surface area (Å²) in [7, 11) is 0. The van der Waals surface area contributed by atoms with Crippen LogP contribution in [0.3, 0.4) is 0 Å². The molecule has 4 nitrogen and oxygen atoms in total. The van der Waals surface area contributed by atoms with Crippen LogP contribution in [0, 0.1) is 11.6 Å². The van der Waals surface area contributed by atoms with Crippen molar-refractivity contribution in [2.45, 2.75) is 37.6 Å². The van der Waals surface area contributed by atoms with Crippen LogP contribution in [-0.2, 0) is 12.0 Å². The third kappa shape index (κ3) is 3.22. The molecule has 2 N–H and O–H groups in total. The molecule has 0 unspecified atom stereocenters. The maximum atomic E-state index is 13.6. The molecular formula is C14H16ClF2N3O. The van der Waals surface area contributed by atoms with E-state index in [1.54, 1.807) is 0 Å². The Morgan fingerprint density at radius 1 is 1.24 bits per heavy atom. The molecular weight excluding hydrogens is 300 g/mol. The first-order valence-electron chi connectivity index (χ1n) is 6.63. The summed E-state index contributed by atoms with van der Waals surface area (Å²) in [6, 6.07) is 3.29. The second-order valence-electron chi connectivity index (χ2n) is 5.29. The van der Waals surface area contributed by atoms with Gasteiger partial charge in [-0.25, -0.2) is 8.78 Å². The fourth-order valence-electron chi connectivity index (χ4n) is 2.60. The van der Waals surface area contributed by atoms with Crippen molar-refractivity contribution in [2.24, 2.45) is 5.73 Å². The SMILES string of the molecule is Cl.NC1(c2noc(Cc3cc(F)ccc3F)n2)CCCC1. The van der Waals surface area contributed by atoms with Gasteiger partial charge in [-0.3, -0.25) is 0 Å². The zero-order valence-corrected chi connectivity index (χ0v) is 12.1. The summed E-state index contributed by atoms with van der Waals surface area (Å²) in [6.45, 7) is 0. The van der Waals surface area contributed by atoms with Crippen molar-refractivity contribution in [3.05, 3.63) is 47.1 Å². The summed E-state index contributed by atoms with van der Waals surface area (Å²) >= 11 is 0. The Balaban J connectivity index is 0.00000161. The zero-order chi connectivity index (χ0) is 14.2. The van der Waals surface area contributed by atoms with Crippen LogP contribution in [0.5, 0.6) is 0 Å². The number of nitrogens with two attached hydrogens (primary N) is 1. The number of hydrogen-bond acceptors (Lipinski definition) is 4. The Morgan fingerprint density at radius 3 is 2.67 bits per heavy atom. The van der Waals surface area contributed by atoms with E-state index in [-0.39, 0.29) is 30.3 Å². The molecule has 3 rings (SSSR count). The summed E-state index contributed by atoms with van der Waals surface area (Å²) in [5, 5.41) is 3.89. The average molecular weight is 316 g/mol. The van der Waals surface area contributed by atoms with Crippen LogP contribution in [0.2, 0.25) is 0 Å². The van der Waals surface area contributed by atoms with Crippen molar-refractivity contribution in [1.29, 1.82) is 0 Å². The molecule has 2 aromatic rings. The maximum Gasteiger partial charge on any atom is 0.231 e. The number of aromatic nitrogens is 2. The normalized spacial score (nSPS) is 16.7. The summed E-state index contributed by atoms with van der Waals surface area (Å²) in [4.78, 5) is 4.24. The minimum absolute atomic E-state index is 0. The molecule has 0 radical (unpaired) electrons. The predicted octanol–water partition coefficient (Wildman–Crippen LogP) is 3.09. The topological polar surface area (TPSA) is 64.9 Å². The summed E-state index contributed by atoms with van der Waals surface area (Å²) < 4.78 is 31.8. The van der Waals surface area contributed by atoms with Crippen LogP contribution in [-0.4, -0.2) is 10.1 Å². The first-order valence-corrected chi connectivity index (χ1v) is 6.63. The molecule has 0 spiro atoms. The lowest BCUT2D eigenvalue weighted by Crippen LogP contribution is -2.34. The van der Waals surface area contributed by atoms with Gasteiger partial charge in [0.1, 0.15) is 11.6 Å². The highest BCUT2D eigenvalue weighted by Gasteiger charge is 2.35. The van der Waals surface area contributed by atoms with Crippen LogP contribution in [0.25, 0.3) is 0 Å². The third-order valence-electron chi connectivity index (χ3n) is 3.76. The van der Waals surface area contributed by atoms with Crippen LogP contribution in [0.4, 0.5) is 8.78 Å². The predicted molar refractivity (Wildman–Crippen MR) is 75.0 cm³/mol. The van der Waals surface area contributed by atoms with Gasteiger partial charge in [0.2, 0.25) is 5.89 Å². The molecule has 0 atom stereocenters. The fourth-order valence-corrected chi connectivity index (χ4v) is 2.60.